The van der Waals surface area contributed by atoms with Gasteiger partial charge in [-0.2, -0.15) is 0 Å². The number of thiocarbonyl (C=S) groups is 1. The monoisotopic (exact) mass is 417 g/mol. The lowest BCUT2D eigenvalue weighted by atomic mass is 9.95. The number of nitrogens with one attached hydrogen (secondary N) is 2. The fourth-order valence-electron chi connectivity index (χ4n) is 2.90. The predicted octanol–water partition coefficient (Wildman–Crippen LogP) is 3.49. The summed E-state index contributed by atoms with van der Waals surface area (Å²) in [6, 6.07) is 8.64. The molecule has 0 aliphatic carbocycles. The number of esters is 1. The van der Waals surface area contributed by atoms with Crippen LogP contribution < -0.4 is 15.4 Å². The van der Waals surface area contributed by atoms with Gasteiger partial charge in [0.05, 0.1) is 23.6 Å². The minimum atomic E-state index is -0.741. The Balaban J connectivity index is 2.02. The molecule has 0 saturated carbocycles. The van der Waals surface area contributed by atoms with Gasteiger partial charge in [0, 0.05) is 11.8 Å². The molecule has 150 valence electrons. The highest BCUT2D eigenvalue weighted by atomic mass is 32.1. The molecular formula is C19H16FN3O5S. The number of allylic oxidation sites excluding steroid dienone is 1. The SMILES string of the molecule is COC(=O)C1=C(C)NC(=S)N[C@@H]1c1ccc(Oc2ccc(F)cc2)c([N+](=O)[O-])c1. The summed E-state index contributed by atoms with van der Waals surface area (Å²) in [6.07, 6.45) is 0. The summed E-state index contributed by atoms with van der Waals surface area (Å²) < 4.78 is 23.4. The first-order valence-corrected chi connectivity index (χ1v) is 8.79. The highest BCUT2D eigenvalue weighted by Gasteiger charge is 2.32. The van der Waals surface area contributed by atoms with E-state index in [1.54, 1.807) is 13.0 Å². The van der Waals surface area contributed by atoms with E-state index in [4.69, 9.17) is 21.7 Å². The van der Waals surface area contributed by atoms with E-state index in [1.807, 2.05) is 0 Å². The maximum absolute atomic E-state index is 13.1. The Hall–Kier alpha value is -3.53. The highest BCUT2D eigenvalue weighted by molar-refractivity contribution is 7.80. The lowest BCUT2D eigenvalue weighted by molar-refractivity contribution is -0.385. The molecule has 1 heterocycles. The van der Waals surface area contributed by atoms with Gasteiger partial charge < -0.3 is 20.1 Å². The number of carbonyl (C=O) groups is 1. The molecule has 0 fully saturated rings. The maximum atomic E-state index is 13.1. The topological polar surface area (TPSA) is 103 Å². The first-order chi connectivity index (χ1) is 13.8. The average Bonchev–Trinajstić information content (AvgIpc) is 2.68. The van der Waals surface area contributed by atoms with Gasteiger partial charge >= 0.3 is 11.7 Å². The van der Waals surface area contributed by atoms with E-state index in [9.17, 15) is 19.3 Å². The standard InChI is InChI=1S/C19H16FN3O5S/c1-10-16(18(24)27-2)17(22-19(29)21-10)11-3-8-15(14(9-11)23(25)26)28-13-6-4-12(20)5-7-13/h3-9,17H,1-2H3,(H2,21,22,29)/t17-/m1/s1. The van der Waals surface area contributed by atoms with Crippen molar-refractivity contribution in [3.8, 4) is 11.5 Å². The molecule has 1 aliphatic heterocycles. The van der Waals surface area contributed by atoms with Crippen molar-refractivity contribution in [2.45, 2.75) is 13.0 Å². The number of rotatable bonds is 5. The third-order valence-corrected chi connectivity index (χ3v) is 4.45. The lowest BCUT2D eigenvalue weighted by Gasteiger charge is -2.29. The number of nitro benzene ring substituents is 1. The van der Waals surface area contributed by atoms with Gasteiger partial charge in [-0.15, -0.1) is 0 Å². The summed E-state index contributed by atoms with van der Waals surface area (Å²) in [4.78, 5) is 23.2. The van der Waals surface area contributed by atoms with E-state index >= 15 is 0 Å². The fraction of sp³-hybridized carbons (Fsp3) is 0.158. The molecule has 2 N–H and O–H groups in total. The number of halogens is 1. The molecule has 0 saturated heterocycles. The van der Waals surface area contributed by atoms with E-state index in [-0.39, 0.29) is 27.9 Å². The van der Waals surface area contributed by atoms with Crippen LogP contribution in [0.4, 0.5) is 10.1 Å². The molecule has 0 bridgehead atoms. The summed E-state index contributed by atoms with van der Waals surface area (Å²) in [6.45, 7) is 1.66. The van der Waals surface area contributed by atoms with Crippen molar-refractivity contribution in [1.29, 1.82) is 0 Å². The van der Waals surface area contributed by atoms with Gasteiger partial charge in [-0.05, 0) is 55.0 Å². The van der Waals surface area contributed by atoms with Crippen molar-refractivity contribution in [2.75, 3.05) is 7.11 Å². The summed E-state index contributed by atoms with van der Waals surface area (Å²) in [5.41, 5.74) is 0.842. The highest BCUT2D eigenvalue weighted by Crippen LogP contribution is 2.36. The average molecular weight is 417 g/mol. The van der Waals surface area contributed by atoms with E-state index in [0.717, 1.165) is 0 Å². The van der Waals surface area contributed by atoms with Crippen molar-refractivity contribution in [1.82, 2.24) is 10.6 Å². The van der Waals surface area contributed by atoms with Gasteiger partial charge in [0.1, 0.15) is 11.6 Å². The third-order valence-electron chi connectivity index (χ3n) is 4.23. The van der Waals surface area contributed by atoms with Crippen LogP contribution in [-0.2, 0) is 9.53 Å². The number of methoxy groups -OCH3 is 1. The molecule has 0 unspecified atom stereocenters. The molecule has 0 aromatic heterocycles. The van der Waals surface area contributed by atoms with Crippen LogP contribution in [0.2, 0.25) is 0 Å². The Kier molecular flexibility index (Phi) is 5.74. The second kappa shape index (κ2) is 8.23. The van der Waals surface area contributed by atoms with E-state index in [0.29, 0.717) is 11.3 Å². The zero-order valence-electron chi connectivity index (χ0n) is 15.4. The van der Waals surface area contributed by atoms with Crippen LogP contribution >= 0.6 is 12.2 Å². The Morgan fingerprint density at radius 3 is 2.55 bits per heavy atom. The second-order valence-corrected chi connectivity index (χ2v) is 6.51. The molecule has 1 atom stereocenters. The van der Waals surface area contributed by atoms with Gasteiger partial charge in [0.15, 0.2) is 5.11 Å². The molecule has 0 amide bonds. The Bertz CT molecular complexity index is 1020. The smallest absolute Gasteiger partial charge is 0.337 e. The second-order valence-electron chi connectivity index (χ2n) is 6.10. The van der Waals surface area contributed by atoms with Crippen LogP contribution in [0.3, 0.4) is 0 Å². The summed E-state index contributed by atoms with van der Waals surface area (Å²) in [7, 11) is 1.24. The summed E-state index contributed by atoms with van der Waals surface area (Å²) >= 11 is 5.15. The number of hydrogen-bond acceptors (Lipinski definition) is 6. The molecule has 0 spiro atoms. The molecule has 3 rings (SSSR count). The quantitative estimate of drug-likeness (QED) is 0.330. The largest absolute Gasteiger partial charge is 0.466 e. The van der Waals surface area contributed by atoms with E-state index < -0.39 is 22.8 Å². The van der Waals surface area contributed by atoms with Gasteiger partial charge in [0.2, 0.25) is 5.75 Å². The van der Waals surface area contributed by atoms with Crippen molar-refractivity contribution in [3.05, 3.63) is 75.2 Å². The van der Waals surface area contributed by atoms with E-state index in [1.165, 1.54) is 43.5 Å². The molecular weight excluding hydrogens is 401 g/mol. The van der Waals surface area contributed by atoms with Crippen LogP contribution in [0.15, 0.2) is 53.7 Å². The van der Waals surface area contributed by atoms with Gasteiger partial charge in [-0.1, -0.05) is 6.07 Å². The fourth-order valence-corrected chi connectivity index (χ4v) is 3.17. The van der Waals surface area contributed by atoms with Crippen molar-refractivity contribution < 1.29 is 23.6 Å². The molecule has 10 heteroatoms. The Morgan fingerprint density at radius 1 is 1.24 bits per heavy atom. The number of nitrogens with zero attached hydrogens (tertiary/aromatic N) is 1. The lowest BCUT2D eigenvalue weighted by Crippen LogP contribution is -2.45. The minimum Gasteiger partial charge on any atom is -0.466 e. The molecule has 8 nitrogen and oxygen atoms in total. The first kappa shape index (κ1) is 20.2. The Morgan fingerprint density at radius 2 is 1.93 bits per heavy atom. The number of nitro groups is 1. The van der Waals surface area contributed by atoms with Crippen LogP contribution in [0.1, 0.15) is 18.5 Å². The molecule has 2 aromatic carbocycles. The van der Waals surface area contributed by atoms with Gasteiger partial charge in [-0.3, -0.25) is 10.1 Å². The molecule has 2 aromatic rings. The van der Waals surface area contributed by atoms with Crippen molar-refractivity contribution in [3.63, 3.8) is 0 Å². The number of carbonyl (C=O) groups excluding carboxylic acids is 1. The maximum Gasteiger partial charge on any atom is 0.337 e. The Labute approximate surface area is 170 Å². The number of benzene rings is 2. The first-order valence-electron chi connectivity index (χ1n) is 8.38. The van der Waals surface area contributed by atoms with Crippen molar-refractivity contribution in [2.24, 2.45) is 0 Å². The van der Waals surface area contributed by atoms with Crippen molar-refractivity contribution >= 4 is 29.0 Å². The molecule has 29 heavy (non-hydrogen) atoms. The van der Waals surface area contributed by atoms with Gasteiger partial charge in [0.25, 0.3) is 0 Å². The molecule has 1 aliphatic rings. The van der Waals surface area contributed by atoms with Crippen LogP contribution in [0.25, 0.3) is 0 Å². The normalized spacial score (nSPS) is 16.0. The summed E-state index contributed by atoms with van der Waals surface area (Å²) in [5, 5.41) is 17.6. The predicted molar refractivity (Wildman–Crippen MR) is 106 cm³/mol. The van der Waals surface area contributed by atoms with Crippen LogP contribution in [0, 0.1) is 15.9 Å². The summed E-state index contributed by atoms with van der Waals surface area (Å²) in [5.74, 6) is -0.825. The number of hydrogen-bond donors (Lipinski definition) is 2. The van der Waals surface area contributed by atoms with Crippen LogP contribution in [-0.4, -0.2) is 23.1 Å². The minimum absolute atomic E-state index is 0.0258. The van der Waals surface area contributed by atoms with E-state index in [2.05, 4.69) is 10.6 Å². The van der Waals surface area contributed by atoms with Crippen LogP contribution in [0.5, 0.6) is 11.5 Å². The zero-order chi connectivity index (χ0) is 21.1. The third kappa shape index (κ3) is 4.32. The number of ether oxygens (including phenoxy) is 2. The molecule has 0 radical (unpaired) electrons. The van der Waals surface area contributed by atoms with Gasteiger partial charge in [-0.25, -0.2) is 9.18 Å². The zero-order valence-corrected chi connectivity index (χ0v) is 16.2.